The summed E-state index contributed by atoms with van der Waals surface area (Å²) in [4.78, 5) is 20.7. The van der Waals surface area contributed by atoms with E-state index in [-0.39, 0.29) is 11.6 Å². The molecule has 2 aromatic carbocycles. The van der Waals surface area contributed by atoms with Gasteiger partial charge in [-0.05, 0) is 55.9 Å². The molecule has 4 rings (SSSR count). The largest absolute Gasteiger partial charge is 0.399 e. The molecule has 7 nitrogen and oxygen atoms in total. The molecule has 0 aliphatic rings. The van der Waals surface area contributed by atoms with Crippen LogP contribution in [0.3, 0.4) is 0 Å². The van der Waals surface area contributed by atoms with Gasteiger partial charge in [-0.3, -0.25) is 4.79 Å². The molecule has 0 saturated heterocycles. The van der Waals surface area contributed by atoms with Gasteiger partial charge in [0.25, 0.3) is 5.56 Å². The van der Waals surface area contributed by atoms with Crippen LogP contribution in [-0.2, 0) is 19.3 Å². The first kappa shape index (κ1) is 22.7. The lowest BCUT2D eigenvalue weighted by Gasteiger charge is -2.21. The van der Waals surface area contributed by atoms with Crippen LogP contribution in [-0.4, -0.2) is 31.0 Å². The summed E-state index contributed by atoms with van der Waals surface area (Å²) in [7, 11) is 0. The molecular formula is C26H31N5O2. The molecular weight excluding hydrogens is 414 g/mol. The van der Waals surface area contributed by atoms with Crippen LogP contribution in [0.2, 0.25) is 0 Å². The molecule has 0 spiro atoms. The third kappa shape index (κ3) is 5.14. The van der Waals surface area contributed by atoms with Gasteiger partial charge in [-0.1, -0.05) is 49.4 Å². The maximum absolute atomic E-state index is 13.0. The zero-order valence-electron chi connectivity index (χ0n) is 19.2. The average Bonchev–Trinajstić information content (AvgIpc) is 3.17. The summed E-state index contributed by atoms with van der Waals surface area (Å²) in [6, 6.07) is 17.6. The summed E-state index contributed by atoms with van der Waals surface area (Å²) in [5.41, 5.74) is 9.79. The molecule has 33 heavy (non-hydrogen) atoms. The molecule has 0 aliphatic heterocycles. The minimum atomic E-state index is -0.629. The highest BCUT2D eigenvalue weighted by atomic mass is 16.3. The average molecular weight is 446 g/mol. The summed E-state index contributed by atoms with van der Waals surface area (Å²) < 4.78 is 1.77. The van der Waals surface area contributed by atoms with Crippen LogP contribution in [0.25, 0.3) is 11.0 Å². The van der Waals surface area contributed by atoms with E-state index in [1.165, 1.54) is 5.56 Å². The normalized spacial score (nSPS) is 13.3. The number of aromatic nitrogens is 4. The Morgan fingerprint density at radius 2 is 1.82 bits per heavy atom. The number of benzene rings is 2. The number of aryl methyl sites for hydroxylation is 2. The zero-order valence-corrected chi connectivity index (χ0v) is 19.2. The standard InChI is InChI=1S/C26H31N5O2/c1-3-21-24-25(28-23(29-26(24)33)16-19-12-14-20(27)15-13-19)31(30-21)22(17(2)32)11-7-10-18-8-5-4-6-9-18/h4-6,8-9,12-15,17,22,32H,3,7,10-11,16,27H2,1-2H3,(H,28,29,33). The van der Waals surface area contributed by atoms with Crippen molar-refractivity contribution in [1.82, 2.24) is 19.7 Å². The first-order chi connectivity index (χ1) is 16.0. The third-order valence-electron chi connectivity index (χ3n) is 6.05. The van der Waals surface area contributed by atoms with Crippen LogP contribution in [0.5, 0.6) is 0 Å². The van der Waals surface area contributed by atoms with Gasteiger partial charge in [0.15, 0.2) is 5.65 Å². The summed E-state index contributed by atoms with van der Waals surface area (Å²) in [6.07, 6.45) is 3.00. The number of aliphatic hydroxyl groups is 1. The van der Waals surface area contributed by atoms with Gasteiger partial charge < -0.3 is 15.8 Å². The fourth-order valence-corrected chi connectivity index (χ4v) is 4.28. The molecule has 2 aromatic heterocycles. The van der Waals surface area contributed by atoms with Crippen LogP contribution in [0.4, 0.5) is 5.69 Å². The van der Waals surface area contributed by atoms with Crippen molar-refractivity contribution in [2.24, 2.45) is 0 Å². The van der Waals surface area contributed by atoms with Gasteiger partial charge in [0, 0.05) is 12.1 Å². The minimum Gasteiger partial charge on any atom is -0.399 e. The molecule has 2 unspecified atom stereocenters. The summed E-state index contributed by atoms with van der Waals surface area (Å²) >= 11 is 0. The number of rotatable bonds is 9. The van der Waals surface area contributed by atoms with Crippen LogP contribution < -0.4 is 11.3 Å². The molecule has 0 amide bonds. The van der Waals surface area contributed by atoms with Crippen molar-refractivity contribution >= 4 is 16.7 Å². The van der Waals surface area contributed by atoms with Crippen molar-refractivity contribution < 1.29 is 5.11 Å². The van der Waals surface area contributed by atoms with Crippen LogP contribution >= 0.6 is 0 Å². The molecule has 7 heteroatoms. The fraction of sp³-hybridized carbons (Fsp3) is 0.346. The van der Waals surface area contributed by atoms with Gasteiger partial charge in [0.2, 0.25) is 0 Å². The molecule has 0 saturated carbocycles. The number of fused-ring (bicyclic) bond motifs is 1. The van der Waals surface area contributed by atoms with Gasteiger partial charge in [-0.25, -0.2) is 9.67 Å². The Hall–Kier alpha value is -3.45. The Balaban J connectivity index is 1.67. The van der Waals surface area contributed by atoms with Gasteiger partial charge in [0.05, 0.1) is 17.8 Å². The van der Waals surface area contributed by atoms with E-state index in [4.69, 9.17) is 15.8 Å². The van der Waals surface area contributed by atoms with E-state index < -0.39 is 6.10 Å². The van der Waals surface area contributed by atoms with Gasteiger partial charge >= 0.3 is 0 Å². The van der Waals surface area contributed by atoms with E-state index in [0.29, 0.717) is 41.1 Å². The lowest BCUT2D eigenvalue weighted by molar-refractivity contribution is 0.118. The molecule has 0 aliphatic carbocycles. The highest BCUT2D eigenvalue weighted by Gasteiger charge is 2.24. The predicted molar refractivity (Wildman–Crippen MR) is 131 cm³/mol. The van der Waals surface area contributed by atoms with E-state index >= 15 is 0 Å². The smallest absolute Gasteiger partial charge is 0.262 e. The van der Waals surface area contributed by atoms with E-state index in [9.17, 15) is 9.90 Å². The SMILES string of the molecule is CCc1nn(C(CCCc2ccccc2)C(C)O)c2nc(Cc3ccc(N)cc3)[nH]c(=O)c12. The molecule has 2 atom stereocenters. The number of nitrogens with two attached hydrogens (primary N) is 1. The number of aliphatic hydroxyl groups excluding tert-OH is 1. The first-order valence-electron chi connectivity index (χ1n) is 11.5. The van der Waals surface area contributed by atoms with Crippen molar-refractivity contribution in [2.75, 3.05) is 5.73 Å². The van der Waals surface area contributed by atoms with Gasteiger partial charge in [-0.15, -0.1) is 0 Å². The molecule has 0 bridgehead atoms. The highest BCUT2D eigenvalue weighted by Crippen LogP contribution is 2.25. The highest BCUT2D eigenvalue weighted by molar-refractivity contribution is 5.77. The zero-order chi connectivity index (χ0) is 23.4. The molecule has 4 N–H and O–H groups in total. The van der Waals surface area contributed by atoms with Crippen molar-refractivity contribution in [3.63, 3.8) is 0 Å². The van der Waals surface area contributed by atoms with Crippen LogP contribution in [0.15, 0.2) is 59.4 Å². The monoisotopic (exact) mass is 445 g/mol. The van der Waals surface area contributed by atoms with Gasteiger partial charge in [-0.2, -0.15) is 5.10 Å². The summed E-state index contributed by atoms with van der Waals surface area (Å²) in [5, 5.41) is 15.9. The summed E-state index contributed by atoms with van der Waals surface area (Å²) in [6.45, 7) is 3.75. The number of nitrogens with zero attached hydrogens (tertiary/aromatic N) is 3. The quantitative estimate of drug-likeness (QED) is 0.340. The second-order valence-corrected chi connectivity index (χ2v) is 8.56. The van der Waals surface area contributed by atoms with Crippen molar-refractivity contribution in [2.45, 2.75) is 58.1 Å². The van der Waals surface area contributed by atoms with E-state index in [1.807, 2.05) is 49.4 Å². The lowest BCUT2D eigenvalue weighted by atomic mass is 10.0. The number of H-pyrrole nitrogens is 1. The van der Waals surface area contributed by atoms with Crippen molar-refractivity contribution in [3.05, 3.63) is 87.6 Å². The Morgan fingerprint density at radius 1 is 1.09 bits per heavy atom. The minimum absolute atomic E-state index is 0.192. The van der Waals surface area contributed by atoms with E-state index in [0.717, 1.165) is 24.8 Å². The molecule has 2 heterocycles. The first-order valence-corrected chi connectivity index (χ1v) is 11.5. The maximum atomic E-state index is 13.0. The maximum Gasteiger partial charge on any atom is 0.262 e. The predicted octanol–water partition coefficient (Wildman–Crippen LogP) is 3.80. The number of anilines is 1. The number of nitrogens with one attached hydrogen (secondary N) is 1. The summed E-state index contributed by atoms with van der Waals surface area (Å²) in [5.74, 6) is 0.565. The topological polar surface area (TPSA) is 110 Å². The number of aromatic amines is 1. The number of hydrogen-bond acceptors (Lipinski definition) is 5. The van der Waals surface area contributed by atoms with Crippen molar-refractivity contribution in [1.29, 1.82) is 0 Å². The second-order valence-electron chi connectivity index (χ2n) is 8.56. The van der Waals surface area contributed by atoms with Gasteiger partial charge in [0.1, 0.15) is 11.2 Å². The lowest BCUT2D eigenvalue weighted by Crippen LogP contribution is -2.24. The Labute approximate surface area is 193 Å². The Morgan fingerprint density at radius 3 is 2.48 bits per heavy atom. The second kappa shape index (κ2) is 10.0. The third-order valence-corrected chi connectivity index (χ3v) is 6.05. The van der Waals surface area contributed by atoms with Crippen LogP contribution in [0.1, 0.15) is 55.4 Å². The number of hydrogen-bond donors (Lipinski definition) is 3. The Bertz CT molecular complexity index is 1260. The molecule has 0 fully saturated rings. The van der Waals surface area contributed by atoms with E-state index in [2.05, 4.69) is 17.1 Å². The van der Waals surface area contributed by atoms with Crippen LogP contribution in [0, 0.1) is 0 Å². The van der Waals surface area contributed by atoms with E-state index in [1.54, 1.807) is 11.6 Å². The van der Waals surface area contributed by atoms with Crippen molar-refractivity contribution in [3.8, 4) is 0 Å². The molecule has 0 radical (unpaired) electrons. The fourth-order valence-electron chi connectivity index (χ4n) is 4.28. The molecule has 4 aromatic rings. The number of nitrogen functional groups attached to an aromatic ring is 1. The Kier molecular flexibility index (Phi) is 6.89. The molecule has 172 valence electrons.